The number of carbonyl (C=O) groups is 2. The Morgan fingerprint density at radius 3 is 2.90 bits per heavy atom. The molecular weight excluding hydrogens is 262 g/mol. The number of rotatable bonds is 5. The highest BCUT2D eigenvalue weighted by molar-refractivity contribution is 5.99. The van der Waals surface area contributed by atoms with Crippen molar-refractivity contribution in [3.05, 3.63) is 23.7 Å². The lowest BCUT2D eigenvalue weighted by molar-refractivity contribution is -0.151. The maximum atomic E-state index is 12.6. The number of carboxylic acids is 1. The Labute approximate surface area is 117 Å². The predicted octanol–water partition coefficient (Wildman–Crippen LogP) is 1.55. The summed E-state index contributed by atoms with van der Waals surface area (Å²) < 4.78 is 10.3. The first-order chi connectivity index (χ1) is 9.56. The molecule has 1 aliphatic rings. The van der Waals surface area contributed by atoms with Crippen LogP contribution in [-0.4, -0.2) is 47.7 Å². The second-order valence-electron chi connectivity index (χ2n) is 4.94. The van der Waals surface area contributed by atoms with Crippen molar-refractivity contribution in [2.45, 2.75) is 31.7 Å². The fraction of sp³-hybridized carbons (Fsp3) is 0.571. The lowest BCUT2D eigenvalue weighted by atomic mass is 9.96. The quantitative estimate of drug-likeness (QED) is 0.885. The monoisotopic (exact) mass is 281 g/mol. The van der Waals surface area contributed by atoms with E-state index in [0.29, 0.717) is 37.1 Å². The lowest BCUT2D eigenvalue weighted by Crippen LogP contribution is -2.56. The van der Waals surface area contributed by atoms with Crippen molar-refractivity contribution in [2.24, 2.45) is 0 Å². The van der Waals surface area contributed by atoms with E-state index in [1.54, 1.807) is 6.07 Å². The van der Waals surface area contributed by atoms with Gasteiger partial charge in [0, 0.05) is 20.1 Å². The van der Waals surface area contributed by atoms with Gasteiger partial charge in [0.05, 0.1) is 18.4 Å². The average molecular weight is 281 g/mol. The normalized spacial score (nSPS) is 22.2. The molecule has 0 aromatic carbocycles. The van der Waals surface area contributed by atoms with E-state index in [9.17, 15) is 14.7 Å². The highest BCUT2D eigenvalue weighted by atomic mass is 16.5. The first-order valence-electron chi connectivity index (χ1n) is 6.67. The van der Waals surface area contributed by atoms with Gasteiger partial charge in [0.25, 0.3) is 5.91 Å². The number of nitrogens with zero attached hydrogens (tertiary/aromatic N) is 1. The van der Waals surface area contributed by atoms with Crippen molar-refractivity contribution < 1.29 is 23.8 Å². The van der Waals surface area contributed by atoms with E-state index < -0.39 is 11.5 Å². The topological polar surface area (TPSA) is 80.0 Å². The van der Waals surface area contributed by atoms with Crippen LogP contribution < -0.4 is 0 Å². The Morgan fingerprint density at radius 2 is 2.30 bits per heavy atom. The zero-order valence-electron chi connectivity index (χ0n) is 11.7. The summed E-state index contributed by atoms with van der Waals surface area (Å²) in [5, 5.41) is 9.54. The van der Waals surface area contributed by atoms with Gasteiger partial charge in [-0.25, -0.2) is 4.79 Å². The molecule has 1 aromatic rings. The first-order valence-corrected chi connectivity index (χ1v) is 6.67. The summed E-state index contributed by atoms with van der Waals surface area (Å²) in [5.41, 5.74) is -0.829. The average Bonchev–Trinajstić information content (AvgIpc) is 3.05. The Bertz CT molecular complexity index is 509. The number of hydrogen-bond donors (Lipinski definition) is 1. The van der Waals surface area contributed by atoms with E-state index in [4.69, 9.17) is 9.15 Å². The number of hydrogen-bond acceptors (Lipinski definition) is 4. The highest BCUT2D eigenvalue weighted by Crippen LogP contribution is 2.32. The zero-order chi connectivity index (χ0) is 14.8. The van der Waals surface area contributed by atoms with Crippen LogP contribution in [0.25, 0.3) is 0 Å². The summed E-state index contributed by atoms with van der Waals surface area (Å²) in [7, 11) is 1.45. The highest BCUT2D eigenvalue weighted by Gasteiger charge is 2.50. The third-order valence-corrected chi connectivity index (χ3v) is 3.81. The predicted molar refractivity (Wildman–Crippen MR) is 70.6 cm³/mol. The lowest BCUT2D eigenvalue weighted by Gasteiger charge is -2.34. The van der Waals surface area contributed by atoms with Gasteiger partial charge in [-0.3, -0.25) is 4.79 Å². The van der Waals surface area contributed by atoms with Crippen LogP contribution >= 0.6 is 0 Å². The number of furan rings is 1. The number of carboxylic acid groups (broad SMARTS) is 1. The van der Waals surface area contributed by atoms with Crippen LogP contribution in [-0.2, 0) is 16.0 Å². The van der Waals surface area contributed by atoms with Crippen LogP contribution in [0.4, 0.5) is 0 Å². The Kier molecular flexibility index (Phi) is 4.13. The van der Waals surface area contributed by atoms with Crippen LogP contribution in [0.3, 0.4) is 0 Å². The van der Waals surface area contributed by atoms with Crippen LogP contribution in [0.5, 0.6) is 0 Å². The Hall–Kier alpha value is -1.82. The van der Waals surface area contributed by atoms with Crippen LogP contribution in [0.2, 0.25) is 0 Å². The van der Waals surface area contributed by atoms with Crippen molar-refractivity contribution >= 4 is 11.9 Å². The number of carbonyl (C=O) groups excluding carboxylic acids is 1. The molecule has 6 nitrogen and oxygen atoms in total. The van der Waals surface area contributed by atoms with Crippen LogP contribution in [0.1, 0.15) is 35.9 Å². The van der Waals surface area contributed by atoms with Gasteiger partial charge in [0.2, 0.25) is 0 Å². The van der Waals surface area contributed by atoms with Gasteiger partial charge < -0.3 is 19.2 Å². The standard InChI is InChI=1S/C14H19NO5/c1-3-11-10(5-8-20-11)12(16)15-7-4-6-14(15,9-19-2)13(17)18/h5,8H,3-4,6-7,9H2,1-2H3,(H,17,18). The second kappa shape index (κ2) is 5.66. The van der Waals surface area contributed by atoms with E-state index >= 15 is 0 Å². The van der Waals surface area contributed by atoms with Gasteiger partial charge in [0.1, 0.15) is 5.76 Å². The maximum absolute atomic E-state index is 12.6. The summed E-state index contributed by atoms with van der Waals surface area (Å²) in [6, 6.07) is 1.60. The summed E-state index contributed by atoms with van der Waals surface area (Å²) in [4.78, 5) is 25.7. The van der Waals surface area contributed by atoms with E-state index in [0.717, 1.165) is 0 Å². The molecule has 1 aliphatic heterocycles. The molecule has 1 saturated heterocycles. The fourth-order valence-electron chi connectivity index (χ4n) is 2.80. The van der Waals surface area contributed by atoms with Gasteiger partial charge >= 0.3 is 5.97 Å². The maximum Gasteiger partial charge on any atom is 0.332 e. The fourth-order valence-corrected chi connectivity index (χ4v) is 2.80. The summed E-state index contributed by atoms with van der Waals surface area (Å²) in [5.74, 6) is -0.738. The molecule has 1 unspecified atom stereocenters. The number of amides is 1. The number of methoxy groups -OCH3 is 1. The van der Waals surface area contributed by atoms with Crippen molar-refractivity contribution in [2.75, 3.05) is 20.3 Å². The van der Waals surface area contributed by atoms with Crippen LogP contribution in [0.15, 0.2) is 16.7 Å². The molecule has 1 aromatic heterocycles. The Morgan fingerprint density at radius 1 is 1.55 bits per heavy atom. The van der Waals surface area contributed by atoms with Crippen molar-refractivity contribution in [1.29, 1.82) is 0 Å². The van der Waals surface area contributed by atoms with Crippen molar-refractivity contribution in [1.82, 2.24) is 4.90 Å². The number of aryl methyl sites for hydroxylation is 1. The van der Waals surface area contributed by atoms with Gasteiger partial charge in [-0.1, -0.05) is 6.92 Å². The van der Waals surface area contributed by atoms with Crippen LogP contribution in [0, 0.1) is 0 Å². The SMILES string of the molecule is CCc1occc1C(=O)N1CCCC1(COC)C(=O)O. The van der Waals surface area contributed by atoms with Gasteiger partial charge in [-0.15, -0.1) is 0 Å². The third-order valence-electron chi connectivity index (χ3n) is 3.81. The molecule has 0 radical (unpaired) electrons. The van der Waals surface area contributed by atoms with Gasteiger partial charge in [-0.05, 0) is 18.9 Å². The molecular formula is C14H19NO5. The summed E-state index contributed by atoms with van der Waals surface area (Å²) in [6.07, 6.45) is 3.11. The number of aliphatic carboxylic acids is 1. The van der Waals surface area contributed by atoms with E-state index in [1.165, 1.54) is 18.3 Å². The molecule has 20 heavy (non-hydrogen) atoms. The molecule has 0 saturated carbocycles. The molecule has 1 amide bonds. The zero-order valence-corrected chi connectivity index (χ0v) is 11.7. The molecule has 6 heteroatoms. The van der Waals surface area contributed by atoms with E-state index in [-0.39, 0.29) is 12.5 Å². The smallest absolute Gasteiger partial charge is 0.332 e. The molecule has 2 heterocycles. The molecule has 0 aliphatic carbocycles. The van der Waals surface area contributed by atoms with Gasteiger partial charge in [0.15, 0.2) is 5.54 Å². The van der Waals surface area contributed by atoms with E-state index in [2.05, 4.69) is 0 Å². The minimum Gasteiger partial charge on any atom is -0.479 e. The van der Waals surface area contributed by atoms with Crippen molar-refractivity contribution in [3.63, 3.8) is 0 Å². The molecule has 1 N–H and O–H groups in total. The largest absolute Gasteiger partial charge is 0.479 e. The van der Waals surface area contributed by atoms with Crippen molar-refractivity contribution in [3.8, 4) is 0 Å². The molecule has 110 valence electrons. The molecule has 2 rings (SSSR count). The summed E-state index contributed by atoms with van der Waals surface area (Å²) >= 11 is 0. The molecule has 1 fully saturated rings. The number of ether oxygens (including phenoxy) is 1. The van der Waals surface area contributed by atoms with Gasteiger partial charge in [-0.2, -0.15) is 0 Å². The minimum atomic E-state index is -1.27. The minimum absolute atomic E-state index is 0.00656. The second-order valence-corrected chi connectivity index (χ2v) is 4.94. The number of likely N-dealkylation sites (tertiary alicyclic amines) is 1. The molecule has 0 bridgehead atoms. The molecule has 1 atom stereocenters. The summed E-state index contributed by atoms with van der Waals surface area (Å²) in [6.45, 7) is 2.30. The van der Waals surface area contributed by atoms with E-state index in [1.807, 2.05) is 6.92 Å². The third kappa shape index (κ3) is 2.20. The molecule has 0 spiro atoms. The first kappa shape index (κ1) is 14.6. The Balaban J connectivity index is 2.35.